The summed E-state index contributed by atoms with van der Waals surface area (Å²) >= 11 is 0. The third-order valence-electron chi connectivity index (χ3n) is 8.48. The van der Waals surface area contributed by atoms with E-state index in [0.29, 0.717) is 18.1 Å². The van der Waals surface area contributed by atoms with Gasteiger partial charge in [-0.2, -0.15) is 4.39 Å². The molecule has 0 saturated heterocycles. The van der Waals surface area contributed by atoms with Gasteiger partial charge in [0.15, 0.2) is 11.6 Å². The summed E-state index contributed by atoms with van der Waals surface area (Å²) in [6.07, 6.45) is 15.0. The van der Waals surface area contributed by atoms with Gasteiger partial charge in [-0.25, -0.2) is 4.39 Å². The highest BCUT2D eigenvalue weighted by Gasteiger charge is 2.44. The van der Waals surface area contributed by atoms with Crippen molar-refractivity contribution in [2.75, 3.05) is 6.61 Å². The zero-order valence-electron chi connectivity index (χ0n) is 21.1. The first-order valence-corrected chi connectivity index (χ1v) is 13.8. The van der Waals surface area contributed by atoms with Crippen LogP contribution in [0.3, 0.4) is 0 Å². The monoisotopic (exact) mass is 468 g/mol. The van der Waals surface area contributed by atoms with Gasteiger partial charge < -0.3 is 4.74 Å². The lowest BCUT2D eigenvalue weighted by Gasteiger charge is -2.21. The summed E-state index contributed by atoms with van der Waals surface area (Å²) in [7, 11) is 0. The van der Waals surface area contributed by atoms with Crippen LogP contribution >= 0.6 is 0 Å². The average molecular weight is 469 g/mol. The predicted molar refractivity (Wildman–Crippen MR) is 137 cm³/mol. The summed E-state index contributed by atoms with van der Waals surface area (Å²) in [6.45, 7) is 4.85. The number of hydrogen-bond acceptors (Lipinski definition) is 1. The Morgan fingerprint density at radius 1 is 0.735 bits per heavy atom. The van der Waals surface area contributed by atoms with Crippen LogP contribution in [0, 0.1) is 29.4 Å². The fourth-order valence-electron chi connectivity index (χ4n) is 6.64. The third kappa shape index (κ3) is 5.66. The zero-order valence-corrected chi connectivity index (χ0v) is 21.1. The van der Waals surface area contributed by atoms with Crippen molar-refractivity contribution in [3.05, 3.63) is 53.6 Å². The molecule has 2 fully saturated rings. The van der Waals surface area contributed by atoms with E-state index in [2.05, 4.69) is 26.0 Å². The highest BCUT2D eigenvalue weighted by Crippen LogP contribution is 2.55. The van der Waals surface area contributed by atoms with E-state index in [-0.39, 0.29) is 5.75 Å². The summed E-state index contributed by atoms with van der Waals surface area (Å²) in [5.74, 6) is 1.57. The lowest BCUT2D eigenvalue weighted by molar-refractivity contribution is 0.285. The van der Waals surface area contributed by atoms with Gasteiger partial charge >= 0.3 is 0 Å². The van der Waals surface area contributed by atoms with E-state index in [1.165, 1.54) is 56.9 Å². The van der Waals surface area contributed by atoms with Crippen molar-refractivity contribution in [1.29, 1.82) is 0 Å². The number of fused-ring (bicyclic) bond motifs is 1. The maximum Gasteiger partial charge on any atom is 0.201 e. The molecule has 2 aromatic carbocycles. The molecule has 3 heteroatoms. The number of hydrogen-bond donors (Lipinski definition) is 0. The van der Waals surface area contributed by atoms with E-state index in [1.54, 1.807) is 12.1 Å². The first-order valence-electron chi connectivity index (χ1n) is 13.8. The first-order chi connectivity index (χ1) is 16.6. The van der Waals surface area contributed by atoms with Crippen LogP contribution in [-0.4, -0.2) is 6.61 Å². The summed E-state index contributed by atoms with van der Waals surface area (Å²) < 4.78 is 35.0. The van der Waals surface area contributed by atoms with Crippen molar-refractivity contribution in [3.63, 3.8) is 0 Å². The van der Waals surface area contributed by atoms with Crippen LogP contribution < -0.4 is 4.74 Å². The normalized spacial score (nSPS) is 23.9. The van der Waals surface area contributed by atoms with Crippen LogP contribution in [0.25, 0.3) is 11.1 Å². The van der Waals surface area contributed by atoms with Gasteiger partial charge in [-0.05, 0) is 79.0 Å². The lowest BCUT2D eigenvalue weighted by atomic mass is 9.83. The van der Waals surface area contributed by atoms with Crippen molar-refractivity contribution in [2.45, 2.75) is 96.8 Å². The largest absolute Gasteiger partial charge is 0.490 e. The third-order valence-corrected chi connectivity index (χ3v) is 8.48. The Balaban J connectivity index is 1.39. The molecular formula is C31H42F2O. The van der Waals surface area contributed by atoms with E-state index in [0.717, 1.165) is 49.0 Å². The molecule has 34 heavy (non-hydrogen) atoms. The molecule has 2 aromatic rings. The van der Waals surface area contributed by atoms with Gasteiger partial charge in [0.25, 0.3) is 0 Å². The van der Waals surface area contributed by atoms with Gasteiger partial charge in [-0.1, -0.05) is 83.1 Å². The molecule has 0 heterocycles. The molecule has 4 rings (SSSR count). The molecule has 0 bridgehead atoms. The van der Waals surface area contributed by atoms with Crippen LogP contribution in [0.1, 0.15) is 102 Å². The topological polar surface area (TPSA) is 9.23 Å². The highest BCUT2D eigenvalue weighted by atomic mass is 19.2. The SMILES string of the molecule is CCCCCCOc1ccc(-c2ccc(C3CCC4C(CCCCC)CCC34)cc2)c(F)c1F. The highest BCUT2D eigenvalue weighted by molar-refractivity contribution is 5.65. The van der Waals surface area contributed by atoms with Gasteiger partial charge in [-0.15, -0.1) is 0 Å². The summed E-state index contributed by atoms with van der Waals surface area (Å²) in [5.41, 5.74) is 2.41. The maximum absolute atomic E-state index is 14.9. The van der Waals surface area contributed by atoms with Crippen molar-refractivity contribution < 1.29 is 13.5 Å². The minimum atomic E-state index is -0.879. The molecule has 0 aliphatic heterocycles. The number of unbranched alkanes of at least 4 members (excludes halogenated alkanes) is 5. The number of ether oxygens (including phenoxy) is 1. The van der Waals surface area contributed by atoms with Crippen LogP contribution in [0.5, 0.6) is 5.75 Å². The molecule has 2 aliphatic rings. The minimum Gasteiger partial charge on any atom is -0.490 e. The Kier molecular flexibility index (Phi) is 9.03. The first kappa shape index (κ1) is 25.2. The lowest BCUT2D eigenvalue weighted by Crippen LogP contribution is -2.12. The van der Waals surface area contributed by atoms with Crippen molar-refractivity contribution in [1.82, 2.24) is 0 Å². The molecule has 4 atom stereocenters. The van der Waals surface area contributed by atoms with Gasteiger partial charge in [0.1, 0.15) is 0 Å². The molecule has 1 nitrogen and oxygen atoms in total. The van der Waals surface area contributed by atoms with Gasteiger partial charge in [0, 0.05) is 5.56 Å². The van der Waals surface area contributed by atoms with Gasteiger partial charge in [-0.3, -0.25) is 0 Å². The second kappa shape index (κ2) is 12.2. The Hall–Kier alpha value is -1.90. The molecule has 2 saturated carbocycles. The van der Waals surface area contributed by atoms with Crippen LogP contribution in [-0.2, 0) is 0 Å². The van der Waals surface area contributed by atoms with Crippen molar-refractivity contribution in [2.24, 2.45) is 17.8 Å². The van der Waals surface area contributed by atoms with Crippen LogP contribution in [0.4, 0.5) is 8.78 Å². The maximum atomic E-state index is 14.9. The van der Waals surface area contributed by atoms with E-state index >= 15 is 0 Å². The standard InChI is InChI=1S/C31H42F2O/c1-3-5-7-9-21-34-29-20-19-27(30(32)31(29)33)24-13-11-23(12-14-24)26-18-17-25-22(10-8-6-4-2)15-16-28(25)26/h11-14,19-20,22,25-26,28H,3-10,15-18,21H2,1-2H3. The molecule has 4 unspecified atom stereocenters. The van der Waals surface area contributed by atoms with E-state index < -0.39 is 11.6 Å². The molecule has 0 radical (unpaired) electrons. The smallest absolute Gasteiger partial charge is 0.201 e. The molecular weight excluding hydrogens is 426 g/mol. The summed E-state index contributed by atoms with van der Waals surface area (Å²) in [5, 5.41) is 0. The summed E-state index contributed by atoms with van der Waals surface area (Å²) in [4.78, 5) is 0. The van der Waals surface area contributed by atoms with Crippen molar-refractivity contribution >= 4 is 0 Å². The van der Waals surface area contributed by atoms with Crippen molar-refractivity contribution in [3.8, 4) is 16.9 Å². The molecule has 2 aliphatic carbocycles. The number of benzene rings is 2. The van der Waals surface area contributed by atoms with Crippen LogP contribution in [0.15, 0.2) is 36.4 Å². The van der Waals surface area contributed by atoms with E-state index in [4.69, 9.17) is 4.74 Å². The Morgan fingerprint density at radius 3 is 2.24 bits per heavy atom. The number of halogens is 2. The van der Waals surface area contributed by atoms with Crippen LogP contribution in [0.2, 0.25) is 0 Å². The second-order valence-corrected chi connectivity index (χ2v) is 10.6. The van der Waals surface area contributed by atoms with Gasteiger partial charge in [0.05, 0.1) is 6.61 Å². The minimum absolute atomic E-state index is 0.0149. The molecule has 0 N–H and O–H groups in total. The Bertz CT molecular complexity index is 906. The molecule has 186 valence electrons. The molecule has 0 spiro atoms. The molecule has 0 amide bonds. The quantitative estimate of drug-likeness (QED) is 0.282. The fraction of sp³-hybridized carbons (Fsp3) is 0.613. The molecule has 0 aromatic heterocycles. The predicted octanol–water partition coefficient (Wildman–Crippen LogP) is 9.69. The average Bonchev–Trinajstić information content (AvgIpc) is 3.45. The fourth-order valence-corrected chi connectivity index (χ4v) is 6.64. The second-order valence-electron chi connectivity index (χ2n) is 10.6. The Labute approximate surface area is 205 Å². The Morgan fingerprint density at radius 2 is 1.47 bits per heavy atom. The zero-order chi connectivity index (χ0) is 23.9. The van der Waals surface area contributed by atoms with Gasteiger partial charge in [0.2, 0.25) is 5.82 Å². The number of rotatable bonds is 12. The van der Waals surface area contributed by atoms with E-state index in [1.807, 2.05) is 12.1 Å². The van der Waals surface area contributed by atoms with E-state index in [9.17, 15) is 8.78 Å². The summed E-state index contributed by atoms with van der Waals surface area (Å²) in [6, 6.07) is 11.5.